The molecule has 0 aliphatic carbocycles. The van der Waals surface area contributed by atoms with Crippen LogP contribution in [0.3, 0.4) is 0 Å². The van der Waals surface area contributed by atoms with E-state index in [0.29, 0.717) is 6.42 Å². The van der Waals surface area contributed by atoms with Gasteiger partial charge < -0.3 is 5.11 Å². The van der Waals surface area contributed by atoms with E-state index in [-0.39, 0.29) is 5.56 Å². The molecule has 0 fully saturated rings. The van der Waals surface area contributed by atoms with Crippen LogP contribution in [0.15, 0.2) is 78.9 Å². The van der Waals surface area contributed by atoms with Crippen LogP contribution in [-0.2, 0) is 24.1 Å². The van der Waals surface area contributed by atoms with Crippen LogP contribution in [0.2, 0.25) is 0 Å². The molecular weight excluding hydrogens is 446 g/mol. The first kappa shape index (κ1) is 26.6. The molecule has 1 N–H and O–H groups in total. The fourth-order valence-electron chi connectivity index (χ4n) is 4.08. The molecule has 0 atom stereocenters. The maximum atomic E-state index is 11.9. The van der Waals surface area contributed by atoms with E-state index >= 15 is 0 Å². The van der Waals surface area contributed by atoms with Crippen molar-refractivity contribution >= 4 is 34.8 Å². The highest BCUT2D eigenvalue weighted by atomic mass is 16.4. The van der Waals surface area contributed by atoms with Crippen molar-refractivity contribution in [2.45, 2.75) is 46.5 Å². The molecule has 0 spiro atoms. The topological polar surface area (TPSA) is 67.3 Å². The zero-order chi connectivity index (χ0) is 25.9. The fourth-order valence-corrected chi connectivity index (χ4v) is 4.08. The monoisotopic (exact) mass is 479 g/mol. The molecule has 0 radical (unpaired) electrons. The molecule has 0 unspecified atom stereocenters. The molecule has 4 aromatic rings. The van der Waals surface area contributed by atoms with Crippen molar-refractivity contribution in [3.8, 4) is 0 Å². The number of aliphatic carboxylic acids is 1. The third-order valence-corrected chi connectivity index (χ3v) is 5.95. The van der Waals surface area contributed by atoms with Crippen molar-refractivity contribution < 1.29 is 14.7 Å². The highest BCUT2D eigenvalue weighted by molar-refractivity contribution is 6.40. The van der Waals surface area contributed by atoms with Gasteiger partial charge in [-0.3, -0.25) is 4.79 Å². The summed E-state index contributed by atoms with van der Waals surface area (Å²) in [5.41, 5.74) is 6.57. The summed E-state index contributed by atoms with van der Waals surface area (Å²) >= 11 is 0. The number of pyridine rings is 1. The van der Waals surface area contributed by atoms with Crippen molar-refractivity contribution in [2.75, 3.05) is 0 Å². The molecule has 0 saturated carbocycles. The quantitative estimate of drug-likeness (QED) is 0.200. The SMILES string of the molecule is CC.CCc1ccc2ccc(/C=C/c3cccc(CCCc4ccccc4C(=O)C(=O)O)c3)nc2c1. The smallest absolute Gasteiger partial charge is 0.377 e. The van der Waals surface area contributed by atoms with Gasteiger partial charge in [-0.1, -0.05) is 93.6 Å². The number of carboxylic acid groups (broad SMARTS) is 1. The summed E-state index contributed by atoms with van der Waals surface area (Å²) < 4.78 is 0. The standard InChI is InChI=1S/C30H27NO3.C2H6/c1-2-21-13-15-25-16-18-26(31-28(25)20-21)17-14-23-8-5-7-22(19-23)9-6-11-24-10-3-4-12-27(24)29(32)30(33)34;1-2/h3-5,7-8,10,12-20H,2,6,9,11H2,1H3,(H,33,34);1-2H3/b17-14+;. The Bertz CT molecular complexity index is 1370. The number of ketones is 1. The highest BCUT2D eigenvalue weighted by Crippen LogP contribution is 2.18. The Kier molecular flexibility index (Phi) is 9.70. The van der Waals surface area contributed by atoms with E-state index in [2.05, 4.69) is 55.5 Å². The number of aromatic nitrogens is 1. The average Bonchev–Trinajstić information content (AvgIpc) is 2.92. The van der Waals surface area contributed by atoms with Gasteiger partial charge in [0.2, 0.25) is 0 Å². The maximum Gasteiger partial charge on any atom is 0.377 e. The molecule has 4 heteroatoms. The second kappa shape index (κ2) is 13.1. The number of carbonyl (C=O) groups is 2. The van der Waals surface area contributed by atoms with Gasteiger partial charge in [0.15, 0.2) is 0 Å². The number of rotatable bonds is 9. The lowest BCUT2D eigenvalue weighted by molar-refractivity contribution is -0.131. The Morgan fingerprint density at radius 3 is 2.39 bits per heavy atom. The lowest BCUT2D eigenvalue weighted by Gasteiger charge is -2.07. The van der Waals surface area contributed by atoms with Gasteiger partial charge in [0.1, 0.15) is 0 Å². The first-order valence-corrected chi connectivity index (χ1v) is 12.6. The van der Waals surface area contributed by atoms with E-state index in [9.17, 15) is 9.59 Å². The average molecular weight is 480 g/mol. The van der Waals surface area contributed by atoms with E-state index in [1.165, 1.54) is 11.1 Å². The summed E-state index contributed by atoms with van der Waals surface area (Å²) in [5, 5.41) is 10.2. The Hall–Kier alpha value is -4.05. The number of benzene rings is 3. The first-order valence-electron chi connectivity index (χ1n) is 12.6. The Balaban J connectivity index is 0.00000176. The predicted octanol–water partition coefficient (Wildman–Crippen LogP) is 7.44. The molecule has 36 heavy (non-hydrogen) atoms. The number of hydrogen-bond acceptors (Lipinski definition) is 3. The molecule has 3 aromatic carbocycles. The molecule has 0 aliphatic rings. The Morgan fingerprint density at radius 2 is 1.61 bits per heavy atom. The highest BCUT2D eigenvalue weighted by Gasteiger charge is 2.17. The van der Waals surface area contributed by atoms with Crippen molar-refractivity contribution in [3.63, 3.8) is 0 Å². The molecule has 4 nitrogen and oxygen atoms in total. The van der Waals surface area contributed by atoms with Gasteiger partial charge in [0, 0.05) is 10.9 Å². The second-order valence-electron chi connectivity index (χ2n) is 8.34. The predicted molar refractivity (Wildman–Crippen MR) is 148 cm³/mol. The number of carboxylic acids is 1. The van der Waals surface area contributed by atoms with Gasteiger partial charge in [-0.2, -0.15) is 0 Å². The van der Waals surface area contributed by atoms with Gasteiger partial charge in [-0.15, -0.1) is 0 Å². The number of fused-ring (bicyclic) bond motifs is 1. The van der Waals surface area contributed by atoms with Gasteiger partial charge >= 0.3 is 5.97 Å². The summed E-state index contributed by atoms with van der Waals surface area (Å²) in [5.74, 6) is -2.27. The number of nitrogens with zero attached hydrogens (tertiary/aromatic N) is 1. The molecule has 1 heterocycles. The summed E-state index contributed by atoms with van der Waals surface area (Å²) in [6, 6.07) is 25.8. The molecule has 184 valence electrons. The van der Waals surface area contributed by atoms with E-state index in [4.69, 9.17) is 10.1 Å². The van der Waals surface area contributed by atoms with Crippen molar-refractivity contribution in [1.82, 2.24) is 4.98 Å². The van der Waals surface area contributed by atoms with E-state index in [1.807, 2.05) is 44.2 Å². The molecule has 4 rings (SSSR count). The van der Waals surface area contributed by atoms with Crippen LogP contribution in [0.5, 0.6) is 0 Å². The molecular formula is C32H33NO3. The molecule has 0 aliphatic heterocycles. The second-order valence-corrected chi connectivity index (χ2v) is 8.34. The van der Waals surface area contributed by atoms with Crippen LogP contribution in [0.1, 0.15) is 65.5 Å². The van der Waals surface area contributed by atoms with Crippen LogP contribution in [-0.4, -0.2) is 21.8 Å². The summed E-state index contributed by atoms with van der Waals surface area (Å²) in [4.78, 5) is 27.8. The Labute approximate surface area is 213 Å². The minimum Gasteiger partial charge on any atom is -0.475 e. The zero-order valence-electron chi connectivity index (χ0n) is 21.2. The van der Waals surface area contributed by atoms with E-state index in [1.54, 1.807) is 12.1 Å². The normalized spacial score (nSPS) is 10.8. The van der Waals surface area contributed by atoms with Crippen molar-refractivity contribution in [3.05, 3.63) is 112 Å². The molecule has 0 saturated heterocycles. The number of hydrogen-bond donors (Lipinski definition) is 1. The lowest BCUT2D eigenvalue weighted by Crippen LogP contribution is -2.15. The fraction of sp³-hybridized carbons (Fsp3) is 0.219. The third-order valence-electron chi connectivity index (χ3n) is 5.95. The number of carbonyl (C=O) groups excluding carboxylic acids is 1. The Morgan fingerprint density at radius 1 is 0.833 bits per heavy atom. The van der Waals surface area contributed by atoms with Gasteiger partial charge in [-0.25, -0.2) is 9.78 Å². The molecule has 0 amide bonds. The van der Waals surface area contributed by atoms with E-state index < -0.39 is 11.8 Å². The minimum absolute atomic E-state index is 0.278. The van der Waals surface area contributed by atoms with Crippen LogP contribution in [0, 0.1) is 0 Å². The summed E-state index contributed by atoms with van der Waals surface area (Å²) in [7, 11) is 0. The van der Waals surface area contributed by atoms with E-state index in [0.717, 1.165) is 47.0 Å². The lowest BCUT2D eigenvalue weighted by atomic mass is 9.97. The molecule has 0 bridgehead atoms. The van der Waals surface area contributed by atoms with Crippen molar-refractivity contribution in [2.24, 2.45) is 0 Å². The van der Waals surface area contributed by atoms with Gasteiger partial charge in [0.25, 0.3) is 5.78 Å². The van der Waals surface area contributed by atoms with Crippen LogP contribution >= 0.6 is 0 Å². The number of aryl methyl sites for hydroxylation is 3. The third kappa shape index (κ3) is 6.98. The minimum atomic E-state index is -1.42. The van der Waals surface area contributed by atoms with Crippen LogP contribution < -0.4 is 0 Å². The molecule has 1 aromatic heterocycles. The first-order chi connectivity index (χ1) is 17.5. The largest absolute Gasteiger partial charge is 0.475 e. The maximum absolute atomic E-state index is 11.9. The summed E-state index contributed by atoms with van der Waals surface area (Å²) in [6.07, 6.45) is 7.41. The van der Waals surface area contributed by atoms with Gasteiger partial charge in [0.05, 0.1) is 11.2 Å². The zero-order valence-corrected chi connectivity index (χ0v) is 21.2. The van der Waals surface area contributed by atoms with Crippen LogP contribution in [0.25, 0.3) is 23.1 Å². The van der Waals surface area contributed by atoms with Crippen LogP contribution in [0.4, 0.5) is 0 Å². The summed E-state index contributed by atoms with van der Waals surface area (Å²) in [6.45, 7) is 6.15. The van der Waals surface area contributed by atoms with Crippen molar-refractivity contribution in [1.29, 1.82) is 0 Å². The number of Topliss-reactive ketones (excluding diaryl/α,β-unsaturated/α-hetero) is 1. The van der Waals surface area contributed by atoms with Gasteiger partial charge in [-0.05, 0) is 66.1 Å².